The Morgan fingerprint density at radius 3 is 2.73 bits per heavy atom. The van der Waals surface area contributed by atoms with Crippen LogP contribution in [0.5, 0.6) is 5.75 Å². The lowest BCUT2D eigenvalue weighted by Crippen LogP contribution is -2.25. The molecule has 22 heavy (non-hydrogen) atoms. The van der Waals surface area contributed by atoms with Crippen LogP contribution in [0.2, 0.25) is 5.02 Å². The third-order valence-electron chi connectivity index (χ3n) is 2.72. The van der Waals surface area contributed by atoms with Gasteiger partial charge in [0.1, 0.15) is 23.9 Å². The zero-order valence-electron chi connectivity index (χ0n) is 11.2. The molecule has 0 saturated heterocycles. The largest absolute Gasteiger partial charge is 0.479 e. The number of terminal acetylenes is 1. The van der Waals surface area contributed by atoms with Gasteiger partial charge < -0.3 is 4.74 Å². The summed E-state index contributed by atoms with van der Waals surface area (Å²) in [5.74, 6) is 1.02. The molecule has 116 valence electrons. The quantitative estimate of drug-likeness (QED) is 0.809. The molecule has 2 rings (SSSR count). The number of hydrogen-bond donors (Lipinski definition) is 0. The minimum absolute atomic E-state index is 0.00664. The van der Waals surface area contributed by atoms with E-state index >= 15 is 0 Å². The van der Waals surface area contributed by atoms with Crippen LogP contribution in [0.1, 0.15) is 12.4 Å². The minimum Gasteiger partial charge on any atom is -0.479 e. The van der Waals surface area contributed by atoms with Crippen LogP contribution in [0.25, 0.3) is 5.69 Å². The highest BCUT2D eigenvalue weighted by Crippen LogP contribution is 2.29. The molecule has 0 amide bonds. The number of benzene rings is 1. The van der Waals surface area contributed by atoms with Crippen LogP contribution in [-0.2, 0) is 0 Å². The van der Waals surface area contributed by atoms with Gasteiger partial charge in [-0.2, -0.15) is 13.5 Å². The van der Waals surface area contributed by atoms with E-state index in [2.05, 4.69) is 11.0 Å². The summed E-state index contributed by atoms with van der Waals surface area (Å²) >= 11 is 5.78. The molecule has 0 aliphatic heterocycles. The van der Waals surface area contributed by atoms with Gasteiger partial charge in [-0.3, -0.25) is 0 Å². The summed E-state index contributed by atoms with van der Waals surface area (Å²) in [6.45, 7) is -2.02. The summed E-state index contributed by atoms with van der Waals surface area (Å²) < 4.78 is 45.3. The Kier molecular flexibility index (Phi) is 4.47. The van der Waals surface area contributed by atoms with Crippen LogP contribution in [-0.4, -0.2) is 21.0 Å². The van der Waals surface area contributed by atoms with Gasteiger partial charge in [-0.05, 0) is 13.0 Å². The smallest absolute Gasteiger partial charge is 0.355 e. The molecule has 0 aliphatic rings. The number of aromatic nitrogens is 3. The summed E-state index contributed by atoms with van der Waals surface area (Å²) in [6.07, 6.45) is 5.04. The van der Waals surface area contributed by atoms with E-state index in [1.54, 1.807) is 0 Å². The Morgan fingerprint density at radius 2 is 2.18 bits per heavy atom. The molecule has 1 aromatic heterocycles. The number of ether oxygens (including phenoxy) is 1. The fourth-order valence-electron chi connectivity index (χ4n) is 1.77. The highest BCUT2D eigenvalue weighted by Gasteiger charge is 2.21. The van der Waals surface area contributed by atoms with Gasteiger partial charge in [0.15, 0.2) is 5.82 Å². The second kappa shape index (κ2) is 6.15. The highest BCUT2D eigenvalue weighted by atomic mass is 35.5. The van der Waals surface area contributed by atoms with Gasteiger partial charge in [0, 0.05) is 6.07 Å². The molecule has 0 fully saturated rings. The van der Waals surface area contributed by atoms with Gasteiger partial charge >= 0.3 is 12.2 Å². The van der Waals surface area contributed by atoms with Gasteiger partial charge in [0.2, 0.25) is 0 Å². The van der Waals surface area contributed by atoms with Gasteiger partial charge in [-0.15, -0.1) is 11.5 Å². The third kappa shape index (κ3) is 2.80. The Balaban J connectivity index is 2.61. The van der Waals surface area contributed by atoms with Crippen molar-refractivity contribution in [2.45, 2.75) is 13.5 Å². The molecule has 5 nitrogen and oxygen atoms in total. The molecular formula is C13H9ClF3N3O2. The topological polar surface area (TPSA) is 49.0 Å². The lowest BCUT2D eigenvalue weighted by molar-refractivity contribution is 0.0640. The predicted molar refractivity (Wildman–Crippen MR) is 73.1 cm³/mol. The van der Waals surface area contributed by atoms with Crippen LogP contribution in [0.4, 0.5) is 13.2 Å². The molecule has 0 atom stereocenters. The Morgan fingerprint density at radius 1 is 1.50 bits per heavy atom. The first-order valence-corrected chi connectivity index (χ1v) is 6.26. The van der Waals surface area contributed by atoms with Crippen molar-refractivity contribution in [2.75, 3.05) is 6.61 Å². The molecule has 9 heteroatoms. The van der Waals surface area contributed by atoms with Crippen molar-refractivity contribution >= 4 is 11.6 Å². The number of nitrogens with zero attached hydrogens (tertiary/aromatic N) is 3. The summed E-state index contributed by atoms with van der Waals surface area (Å²) in [6, 6.07) is 1.95. The number of aryl methyl sites for hydroxylation is 1. The number of hydrogen-bond acceptors (Lipinski definition) is 3. The van der Waals surface area contributed by atoms with E-state index < -0.39 is 18.1 Å². The number of alkyl halides is 2. The lowest BCUT2D eigenvalue weighted by atomic mass is 10.3. The fraction of sp³-hybridized carbons (Fsp3) is 0.231. The van der Waals surface area contributed by atoms with E-state index in [0.29, 0.717) is 4.68 Å². The normalized spacial score (nSPS) is 10.8. The molecule has 1 heterocycles. The third-order valence-corrected chi connectivity index (χ3v) is 3.01. The average molecular weight is 332 g/mol. The molecule has 0 radical (unpaired) electrons. The maximum absolute atomic E-state index is 14.0. The zero-order valence-corrected chi connectivity index (χ0v) is 11.9. The molecule has 1 aromatic carbocycles. The monoisotopic (exact) mass is 331 g/mol. The van der Waals surface area contributed by atoms with Crippen LogP contribution in [0.15, 0.2) is 16.9 Å². The average Bonchev–Trinajstić information content (AvgIpc) is 2.73. The highest BCUT2D eigenvalue weighted by molar-refractivity contribution is 6.32. The maximum atomic E-state index is 14.0. The summed E-state index contributed by atoms with van der Waals surface area (Å²) in [5, 5.41) is 3.55. The van der Waals surface area contributed by atoms with Crippen molar-refractivity contribution in [1.82, 2.24) is 14.3 Å². The van der Waals surface area contributed by atoms with Crippen molar-refractivity contribution in [3.8, 4) is 23.8 Å². The molecule has 0 aliphatic carbocycles. The van der Waals surface area contributed by atoms with Gasteiger partial charge in [-0.1, -0.05) is 17.5 Å². The Labute approximate surface area is 127 Å². The zero-order chi connectivity index (χ0) is 16.4. The van der Waals surface area contributed by atoms with Gasteiger partial charge in [0.05, 0.1) is 5.02 Å². The van der Waals surface area contributed by atoms with Crippen molar-refractivity contribution in [2.24, 2.45) is 0 Å². The summed E-state index contributed by atoms with van der Waals surface area (Å²) in [7, 11) is 0. The van der Waals surface area contributed by atoms with E-state index in [1.807, 2.05) is 0 Å². The standard InChI is InChI=1S/C13H9ClF3N3O2/c1-3-4-22-11-6-10(9(15)5-8(11)14)20-13(21)19(12(16)17)7(2)18-20/h1,5-6,12H,4H2,2H3. The number of rotatable bonds is 4. The predicted octanol–water partition coefficient (Wildman–Crippen LogP) is 2.54. The molecule has 2 aromatic rings. The number of halogens is 4. The first kappa shape index (κ1) is 16.0. The van der Waals surface area contributed by atoms with Crippen LogP contribution >= 0.6 is 11.6 Å². The first-order valence-electron chi connectivity index (χ1n) is 5.88. The first-order chi connectivity index (χ1) is 10.4. The van der Waals surface area contributed by atoms with Crippen LogP contribution < -0.4 is 10.4 Å². The van der Waals surface area contributed by atoms with Gasteiger partial charge in [0.25, 0.3) is 0 Å². The SMILES string of the molecule is C#CCOc1cc(-n2nc(C)n(C(F)F)c2=O)c(F)cc1Cl. The van der Waals surface area contributed by atoms with E-state index in [4.69, 9.17) is 22.8 Å². The fourth-order valence-corrected chi connectivity index (χ4v) is 1.97. The second-order valence-electron chi connectivity index (χ2n) is 4.12. The van der Waals surface area contributed by atoms with Crippen molar-refractivity contribution in [1.29, 1.82) is 0 Å². The van der Waals surface area contributed by atoms with Crippen LogP contribution in [0, 0.1) is 25.1 Å². The summed E-state index contributed by atoms with van der Waals surface area (Å²) in [5.41, 5.74) is -1.56. The van der Waals surface area contributed by atoms with Crippen molar-refractivity contribution in [3.05, 3.63) is 39.3 Å². The van der Waals surface area contributed by atoms with E-state index in [-0.39, 0.29) is 33.5 Å². The lowest BCUT2D eigenvalue weighted by Gasteiger charge is -2.08. The van der Waals surface area contributed by atoms with Crippen LogP contribution in [0.3, 0.4) is 0 Å². The van der Waals surface area contributed by atoms with Gasteiger partial charge in [-0.25, -0.2) is 13.8 Å². The van der Waals surface area contributed by atoms with Crippen molar-refractivity contribution < 1.29 is 17.9 Å². The Bertz CT molecular complexity index is 808. The minimum atomic E-state index is -3.09. The molecule has 0 N–H and O–H groups in total. The van der Waals surface area contributed by atoms with E-state index in [9.17, 15) is 18.0 Å². The molecule has 0 spiro atoms. The molecular weight excluding hydrogens is 323 g/mol. The molecule has 0 saturated carbocycles. The Hall–Kier alpha value is -2.40. The van der Waals surface area contributed by atoms with Crippen molar-refractivity contribution in [3.63, 3.8) is 0 Å². The second-order valence-corrected chi connectivity index (χ2v) is 4.52. The molecule has 0 unspecified atom stereocenters. The van der Waals surface area contributed by atoms with E-state index in [0.717, 1.165) is 12.1 Å². The summed E-state index contributed by atoms with van der Waals surface area (Å²) in [4.78, 5) is 11.9. The molecule has 0 bridgehead atoms. The maximum Gasteiger partial charge on any atom is 0.355 e. The van der Waals surface area contributed by atoms with E-state index in [1.165, 1.54) is 6.92 Å².